The van der Waals surface area contributed by atoms with E-state index >= 15 is 0 Å². The van der Waals surface area contributed by atoms with Gasteiger partial charge in [-0.2, -0.15) is 0 Å². The van der Waals surface area contributed by atoms with Gasteiger partial charge in [0.15, 0.2) is 0 Å². The lowest BCUT2D eigenvalue weighted by Gasteiger charge is -2.26. The lowest BCUT2D eigenvalue weighted by molar-refractivity contribution is 0.647. The van der Waals surface area contributed by atoms with Crippen LogP contribution in [-0.4, -0.2) is 0 Å². The summed E-state index contributed by atoms with van der Waals surface area (Å²) in [6.07, 6.45) is 0. The lowest BCUT2D eigenvalue weighted by atomic mass is 9.77. The van der Waals surface area contributed by atoms with Crippen LogP contribution in [0.25, 0.3) is 77.2 Å². The van der Waals surface area contributed by atoms with E-state index in [1.54, 1.807) is 0 Å². The minimum absolute atomic E-state index is 0.0546. The van der Waals surface area contributed by atoms with Crippen molar-refractivity contribution in [3.8, 4) is 55.6 Å². The Morgan fingerprint density at radius 3 is 1.42 bits per heavy atom. The zero-order valence-electron chi connectivity index (χ0n) is 29.0. The minimum Gasteiger partial charge on any atom is -0.0622 e. The molecule has 8 aromatic rings. The maximum atomic E-state index is 2.47. The van der Waals surface area contributed by atoms with Crippen molar-refractivity contribution in [1.29, 1.82) is 0 Å². The molecule has 0 N–H and O–H groups in total. The Bertz CT molecular complexity index is 2610. The second kappa shape index (κ2) is 10.4. The van der Waals surface area contributed by atoms with Crippen LogP contribution in [0.15, 0.2) is 158 Å². The van der Waals surface area contributed by atoms with Gasteiger partial charge in [-0.25, -0.2) is 0 Å². The van der Waals surface area contributed by atoms with Crippen molar-refractivity contribution in [1.82, 2.24) is 0 Å². The maximum absolute atomic E-state index is 2.47. The second-order valence-electron chi connectivity index (χ2n) is 15.3. The van der Waals surface area contributed by atoms with Crippen molar-refractivity contribution in [3.05, 3.63) is 180 Å². The quantitative estimate of drug-likeness (QED) is 0.169. The number of hydrogen-bond donors (Lipinski definition) is 0. The van der Waals surface area contributed by atoms with Crippen molar-refractivity contribution in [2.45, 2.75) is 38.5 Å². The molecule has 0 unspecified atom stereocenters. The highest BCUT2D eigenvalue weighted by molar-refractivity contribution is 6.21. The van der Waals surface area contributed by atoms with Gasteiger partial charge in [0, 0.05) is 10.8 Å². The van der Waals surface area contributed by atoms with Crippen LogP contribution in [0.2, 0.25) is 0 Å². The Labute approximate surface area is 294 Å². The number of hydrogen-bond acceptors (Lipinski definition) is 0. The molecule has 0 fully saturated rings. The molecule has 0 heteroatoms. The molecule has 0 atom stereocenters. The second-order valence-corrected chi connectivity index (χ2v) is 15.3. The Hall–Kier alpha value is -5.72. The first kappa shape index (κ1) is 29.2. The average Bonchev–Trinajstić information content (AvgIpc) is 3.53. The van der Waals surface area contributed by atoms with Crippen LogP contribution in [0.5, 0.6) is 0 Å². The van der Waals surface area contributed by atoms with E-state index in [0.29, 0.717) is 0 Å². The molecule has 0 nitrogen and oxygen atoms in total. The number of fused-ring (bicyclic) bond motifs is 9. The molecule has 0 amide bonds. The highest BCUT2D eigenvalue weighted by Crippen LogP contribution is 2.59. The summed E-state index contributed by atoms with van der Waals surface area (Å²) in [5.41, 5.74) is 18.9. The van der Waals surface area contributed by atoms with Gasteiger partial charge in [0.2, 0.25) is 0 Å². The van der Waals surface area contributed by atoms with Gasteiger partial charge in [-0.1, -0.05) is 179 Å². The van der Waals surface area contributed by atoms with Gasteiger partial charge in [0.1, 0.15) is 0 Å². The van der Waals surface area contributed by atoms with Gasteiger partial charge in [0.05, 0.1) is 0 Å². The van der Waals surface area contributed by atoms with Crippen LogP contribution in [0.4, 0.5) is 0 Å². The van der Waals surface area contributed by atoms with Gasteiger partial charge >= 0.3 is 0 Å². The Balaban J connectivity index is 1.12. The predicted octanol–water partition coefficient (Wildman–Crippen LogP) is 13.6. The van der Waals surface area contributed by atoms with Crippen molar-refractivity contribution >= 4 is 21.5 Å². The van der Waals surface area contributed by atoms with E-state index in [0.717, 1.165) is 0 Å². The topological polar surface area (TPSA) is 0 Å². The molecule has 0 aliphatic heterocycles. The fourth-order valence-corrected chi connectivity index (χ4v) is 9.48. The van der Waals surface area contributed by atoms with E-state index in [9.17, 15) is 0 Å². The summed E-state index contributed by atoms with van der Waals surface area (Å²) in [6, 6.07) is 58.9. The van der Waals surface area contributed by atoms with Crippen molar-refractivity contribution in [2.75, 3.05) is 0 Å². The van der Waals surface area contributed by atoms with E-state index in [2.05, 4.69) is 185 Å². The molecule has 0 heterocycles. The lowest BCUT2D eigenvalue weighted by Crippen LogP contribution is -2.18. The van der Waals surface area contributed by atoms with Crippen LogP contribution in [0.1, 0.15) is 49.9 Å². The van der Waals surface area contributed by atoms with E-state index in [4.69, 9.17) is 0 Å². The monoisotopic (exact) mass is 638 g/mol. The van der Waals surface area contributed by atoms with E-state index in [1.807, 2.05) is 0 Å². The van der Waals surface area contributed by atoms with Crippen LogP contribution >= 0.6 is 0 Å². The first-order valence-corrected chi connectivity index (χ1v) is 17.9. The van der Waals surface area contributed by atoms with Crippen LogP contribution in [0.3, 0.4) is 0 Å². The minimum atomic E-state index is -0.0613. The largest absolute Gasteiger partial charge is 0.0622 e. The predicted molar refractivity (Wildman–Crippen MR) is 213 cm³/mol. The molecule has 10 rings (SSSR count). The molecule has 0 saturated heterocycles. The van der Waals surface area contributed by atoms with Crippen molar-refractivity contribution < 1.29 is 0 Å². The van der Waals surface area contributed by atoms with E-state index < -0.39 is 0 Å². The Kier molecular flexibility index (Phi) is 6.07. The summed E-state index contributed by atoms with van der Waals surface area (Å²) in [4.78, 5) is 0. The molecule has 0 aromatic heterocycles. The Morgan fingerprint density at radius 2 is 0.780 bits per heavy atom. The maximum Gasteiger partial charge on any atom is 0.0165 e. The third kappa shape index (κ3) is 3.94. The van der Waals surface area contributed by atoms with Gasteiger partial charge in [-0.15, -0.1) is 0 Å². The zero-order valence-corrected chi connectivity index (χ0v) is 29.0. The molecule has 50 heavy (non-hydrogen) atoms. The number of benzene rings is 8. The molecular formula is C50H38. The summed E-state index contributed by atoms with van der Waals surface area (Å²) >= 11 is 0. The van der Waals surface area contributed by atoms with Crippen molar-refractivity contribution in [3.63, 3.8) is 0 Å². The fraction of sp³-hybridized carbons (Fsp3) is 0.120. The molecule has 0 radical (unpaired) electrons. The molecule has 0 bridgehead atoms. The number of rotatable bonds is 3. The molecular weight excluding hydrogens is 601 g/mol. The van der Waals surface area contributed by atoms with Crippen molar-refractivity contribution in [2.24, 2.45) is 0 Å². The molecule has 2 aliphatic rings. The van der Waals surface area contributed by atoms with E-state index in [-0.39, 0.29) is 10.8 Å². The summed E-state index contributed by atoms with van der Waals surface area (Å²) in [7, 11) is 0. The third-order valence-electron chi connectivity index (χ3n) is 11.9. The summed E-state index contributed by atoms with van der Waals surface area (Å²) in [5.74, 6) is 0. The summed E-state index contributed by atoms with van der Waals surface area (Å²) in [6.45, 7) is 9.60. The van der Waals surface area contributed by atoms with E-state index in [1.165, 1.54) is 99.4 Å². The first-order chi connectivity index (χ1) is 24.3. The highest BCUT2D eigenvalue weighted by atomic mass is 14.5. The molecule has 2 aliphatic carbocycles. The molecule has 0 saturated carbocycles. The summed E-state index contributed by atoms with van der Waals surface area (Å²) < 4.78 is 0. The zero-order chi connectivity index (χ0) is 33.8. The third-order valence-corrected chi connectivity index (χ3v) is 11.9. The van der Waals surface area contributed by atoms with Gasteiger partial charge < -0.3 is 0 Å². The Morgan fingerprint density at radius 1 is 0.300 bits per heavy atom. The van der Waals surface area contributed by atoms with Gasteiger partial charge in [-0.3, -0.25) is 0 Å². The standard InChI is InChI=1S/C50H38/c1-49(2)43-28-26-34(30-41(43)47-44(49)29-27-40-35-16-12-13-21-42(35)50(3,4)48(40)47)31-22-24-33(25-23-31)46-38-19-10-8-17-36(38)45(32-14-6-5-7-15-32)37-18-9-11-20-39(37)46/h5-30H,1-4H3. The SMILES string of the molecule is CC1(C)c2ccc(-c3ccc(-c4c5ccccc5c(-c5ccccc5)c5ccccc45)cc3)cc2-c2c1ccc1c2C(C)(C)c2ccccc2-1. The molecule has 8 aromatic carbocycles. The van der Waals surface area contributed by atoms with Gasteiger partial charge in [0.25, 0.3) is 0 Å². The van der Waals surface area contributed by atoms with Crippen LogP contribution in [-0.2, 0) is 10.8 Å². The normalized spacial score (nSPS) is 14.7. The molecule has 0 spiro atoms. The average molecular weight is 639 g/mol. The molecule has 238 valence electrons. The fourth-order valence-electron chi connectivity index (χ4n) is 9.48. The first-order valence-electron chi connectivity index (χ1n) is 17.9. The van der Waals surface area contributed by atoms with Crippen LogP contribution in [0, 0.1) is 0 Å². The van der Waals surface area contributed by atoms with Crippen LogP contribution < -0.4 is 0 Å². The van der Waals surface area contributed by atoms with Gasteiger partial charge in [-0.05, 0) is 105 Å². The highest BCUT2D eigenvalue weighted by Gasteiger charge is 2.44. The summed E-state index contributed by atoms with van der Waals surface area (Å²) in [5, 5.41) is 5.14. The smallest absolute Gasteiger partial charge is 0.0165 e.